The first-order valence-electron chi connectivity index (χ1n) is 9.74. The van der Waals surface area contributed by atoms with Crippen molar-refractivity contribution in [3.05, 3.63) is 69.1 Å². The van der Waals surface area contributed by atoms with E-state index < -0.39 is 27.0 Å². The molecule has 0 unspecified atom stereocenters. The van der Waals surface area contributed by atoms with Gasteiger partial charge in [-0.15, -0.1) is 0 Å². The molecule has 0 aliphatic carbocycles. The van der Waals surface area contributed by atoms with Crippen LogP contribution < -0.4 is 16.6 Å². The molecule has 0 saturated heterocycles. The molecule has 0 fully saturated rings. The number of hydrogen-bond donors (Lipinski definition) is 3. The van der Waals surface area contributed by atoms with Crippen molar-refractivity contribution in [3.8, 4) is 5.75 Å². The molecule has 0 saturated carbocycles. The molecule has 2 aromatic carbocycles. The Balaban J connectivity index is 2.02. The van der Waals surface area contributed by atoms with E-state index in [-0.39, 0.29) is 39.7 Å². The van der Waals surface area contributed by atoms with Gasteiger partial charge in [0.2, 0.25) is 9.84 Å². The minimum Gasteiger partial charge on any atom is -0.506 e. The molecule has 0 amide bonds. The Hall–Kier alpha value is -3.17. The fraction of sp³-hybridized carbons (Fsp3) is 0.227. The van der Waals surface area contributed by atoms with Crippen LogP contribution in [0.3, 0.4) is 0 Å². The number of rotatable bonds is 4. The SMILES string of the molecule is CC(C)Cn1c(=O)c(C2=CS(=O)(=O)c3ccc(CN)cc3N2)c(O)c2cc(F)ccc21. The summed E-state index contributed by atoms with van der Waals surface area (Å²) in [5.41, 5.74) is 6.11. The second-order valence-corrected chi connectivity index (χ2v) is 9.70. The van der Waals surface area contributed by atoms with Gasteiger partial charge in [-0.1, -0.05) is 19.9 Å². The van der Waals surface area contributed by atoms with Crippen LogP contribution in [0.1, 0.15) is 25.0 Å². The number of nitrogens with one attached hydrogen (secondary N) is 1. The fourth-order valence-electron chi connectivity index (χ4n) is 3.77. The number of hydrogen-bond acceptors (Lipinski definition) is 6. The topological polar surface area (TPSA) is 114 Å². The first-order valence-corrected chi connectivity index (χ1v) is 11.3. The zero-order valence-corrected chi connectivity index (χ0v) is 17.8. The predicted molar refractivity (Wildman–Crippen MR) is 118 cm³/mol. The minimum atomic E-state index is -3.89. The third-order valence-electron chi connectivity index (χ3n) is 5.15. The smallest absolute Gasteiger partial charge is 0.264 e. The molecule has 2 heterocycles. The van der Waals surface area contributed by atoms with Crippen LogP contribution in [0.5, 0.6) is 5.75 Å². The van der Waals surface area contributed by atoms with Crippen molar-refractivity contribution in [2.45, 2.75) is 31.8 Å². The summed E-state index contributed by atoms with van der Waals surface area (Å²) in [5, 5.41) is 14.9. The number of benzene rings is 2. The van der Waals surface area contributed by atoms with E-state index in [0.29, 0.717) is 17.6 Å². The number of nitrogens with zero attached hydrogens (tertiary/aromatic N) is 1. The Morgan fingerprint density at radius 3 is 2.61 bits per heavy atom. The molecule has 4 rings (SSSR count). The van der Waals surface area contributed by atoms with Gasteiger partial charge in [0.15, 0.2) is 0 Å². The van der Waals surface area contributed by atoms with Gasteiger partial charge in [0.1, 0.15) is 17.1 Å². The average Bonchev–Trinajstić information content (AvgIpc) is 2.70. The molecule has 0 atom stereocenters. The Bertz CT molecular complexity index is 1410. The number of anilines is 1. The van der Waals surface area contributed by atoms with Crippen molar-refractivity contribution in [1.82, 2.24) is 4.57 Å². The summed E-state index contributed by atoms with van der Waals surface area (Å²) in [6.45, 7) is 4.35. The van der Waals surface area contributed by atoms with Crippen molar-refractivity contribution >= 4 is 32.1 Å². The van der Waals surface area contributed by atoms with E-state index in [0.717, 1.165) is 11.5 Å². The Morgan fingerprint density at radius 1 is 1.19 bits per heavy atom. The number of aromatic hydroxyl groups is 1. The summed E-state index contributed by atoms with van der Waals surface area (Å²) in [4.78, 5) is 13.4. The van der Waals surface area contributed by atoms with Gasteiger partial charge in [-0.3, -0.25) is 4.79 Å². The highest BCUT2D eigenvalue weighted by atomic mass is 32.2. The number of sulfone groups is 1. The lowest BCUT2D eigenvalue weighted by Crippen LogP contribution is -2.28. The van der Waals surface area contributed by atoms with Crippen molar-refractivity contribution in [2.75, 3.05) is 5.32 Å². The zero-order valence-electron chi connectivity index (χ0n) is 17.0. The first kappa shape index (κ1) is 21.1. The van der Waals surface area contributed by atoms with Crippen molar-refractivity contribution in [3.63, 3.8) is 0 Å². The molecule has 3 aromatic rings. The Kier molecular flexibility index (Phi) is 5.10. The summed E-state index contributed by atoms with van der Waals surface area (Å²) < 4.78 is 41.1. The van der Waals surface area contributed by atoms with E-state index in [9.17, 15) is 22.7 Å². The Labute approximate surface area is 178 Å². The molecule has 1 aliphatic rings. The molecular formula is C22H22FN3O4S. The lowest BCUT2D eigenvalue weighted by molar-refractivity contribution is 0.471. The largest absolute Gasteiger partial charge is 0.506 e. The van der Waals surface area contributed by atoms with E-state index in [1.54, 1.807) is 12.1 Å². The average molecular weight is 444 g/mol. The van der Waals surface area contributed by atoms with Gasteiger partial charge in [-0.25, -0.2) is 12.8 Å². The normalized spacial score (nSPS) is 14.9. The highest BCUT2D eigenvalue weighted by molar-refractivity contribution is 7.94. The third kappa shape index (κ3) is 3.60. The standard InChI is InChI=1S/C22H22FN3O4S/c1-12(2)10-26-18-5-4-14(23)8-15(18)21(27)20(22(26)28)17-11-31(29,30)19-6-3-13(9-24)7-16(19)25-17/h3-8,11-12,25,27H,9-10,24H2,1-2H3. The third-order valence-corrected chi connectivity index (χ3v) is 6.66. The van der Waals surface area contributed by atoms with Crippen LogP contribution in [0, 0.1) is 11.7 Å². The second kappa shape index (κ2) is 7.51. The molecule has 31 heavy (non-hydrogen) atoms. The number of nitrogens with two attached hydrogens (primary N) is 1. The number of aromatic nitrogens is 1. The van der Waals surface area contributed by atoms with Crippen molar-refractivity contribution in [1.29, 1.82) is 0 Å². The van der Waals surface area contributed by atoms with Gasteiger partial charge >= 0.3 is 0 Å². The van der Waals surface area contributed by atoms with E-state index >= 15 is 0 Å². The number of fused-ring (bicyclic) bond motifs is 2. The lowest BCUT2D eigenvalue weighted by Gasteiger charge is -2.22. The molecule has 0 bridgehead atoms. The van der Waals surface area contributed by atoms with E-state index in [2.05, 4.69) is 5.32 Å². The van der Waals surface area contributed by atoms with Gasteiger partial charge in [0.05, 0.1) is 27.2 Å². The van der Waals surface area contributed by atoms with Gasteiger partial charge in [-0.05, 0) is 41.8 Å². The van der Waals surface area contributed by atoms with Crippen LogP contribution in [-0.4, -0.2) is 18.1 Å². The van der Waals surface area contributed by atoms with Crippen molar-refractivity contribution in [2.24, 2.45) is 11.7 Å². The van der Waals surface area contributed by atoms with Gasteiger partial charge < -0.3 is 20.7 Å². The molecule has 1 aromatic heterocycles. The van der Waals surface area contributed by atoms with Gasteiger partial charge in [0.25, 0.3) is 5.56 Å². The minimum absolute atomic E-state index is 0.0438. The highest BCUT2D eigenvalue weighted by Crippen LogP contribution is 2.37. The quantitative estimate of drug-likeness (QED) is 0.571. The van der Waals surface area contributed by atoms with E-state index in [1.807, 2.05) is 13.8 Å². The van der Waals surface area contributed by atoms with E-state index in [1.165, 1.54) is 22.8 Å². The molecule has 4 N–H and O–H groups in total. The maximum atomic E-state index is 14.0. The zero-order chi connectivity index (χ0) is 22.5. The molecule has 1 aliphatic heterocycles. The number of halogens is 1. The van der Waals surface area contributed by atoms with Crippen LogP contribution in [-0.2, 0) is 22.9 Å². The highest BCUT2D eigenvalue weighted by Gasteiger charge is 2.28. The first-order chi connectivity index (χ1) is 14.6. The molecule has 162 valence electrons. The maximum absolute atomic E-state index is 14.0. The Morgan fingerprint density at radius 2 is 1.94 bits per heavy atom. The predicted octanol–water partition coefficient (Wildman–Crippen LogP) is 3.16. The molecule has 0 radical (unpaired) electrons. The summed E-state index contributed by atoms with van der Waals surface area (Å²) in [6, 6.07) is 8.42. The lowest BCUT2D eigenvalue weighted by atomic mass is 10.1. The second-order valence-electron chi connectivity index (χ2n) is 7.93. The summed E-state index contributed by atoms with van der Waals surface area (Å²) in [7, 11) is -3.89. The van der Waals surface area contributed by atoms with Crippen molar-refractivity contribution < 1.29 is 17.9 Å². The monoisotopic (exact) mass is 443 g/mol. The number of pyridine rings is 1. The van der Waals surface area contributed by atoms with Crippen LogP contribution in [0.2, 0.25) is 0 Å². The summed E-state index contributed by atoms with van der Waals surface area (Å²) in [6.07, 6.45) is 0. The molecule has 0 spiro atoms. The van der Waals surface area contributed by atoms with Crippen LogP contribution in [0.15, 0.2) is 51.5 Å². The fourth-order valence-corrected chi connectivity index (χ4v) is 5.06. The molecular weight excluding hydrogens is 421 g/mol. The summed E-state index contributed by atoms with van der Waals surface area (Å²) in [5.74, 6) is -0.986. The molecule has 9 heteroatoms. The summed E-state index contributed by atoms with van der Waals surface area (Å²) >= 11 is 0. The van der Waals surface area contributed by atoms with Crippen LogP contribution in [0.25, 0.3) is 16.6 Å². The maximum Gasteiger partial charge on any atom is 0.264 e. The molecule has 7 nitrogen and oxygen atoms in total. The van der Waals surface area contributed by atoms with Crippen LogP contribution >= 0.6 is 0 Å². The van der Waals surface area contributed by atoms with E-state index in [4.69, 9.17) is 5.73 Å². The van der Waals surface area contributed by atoms with Gasteiger partial charge in [0, 0.05) is 18.5 Å². The van der Waals surface area contributed by atoms with Gasteiger partial charge in [-0.2, -0.15) is 0 Å². The van der Waals surface area contributed by atoms with Crippen LogP contribution in [0.4, 0.5) is 10.1 Å².